The fourth-order valence-electron chi connectivity index (χ4n) is 3.11. The van der Waals surface area contributed by atoms with Gasteiger partial charge in [-0.2, -0.15) is 15.1 Å². The van der Waals surface area contributed by atoms with Crippen molar-refractivity contribution in [2.75, 3.05) is 23.3 Å². The van der Waals surface area contributed by atoms with Crippen LogP contribution in [0.3, 0.4) is 0 Å². The summed E-state index contributed by atoms with van der Waals surface area (Å²) in [6.07, 6.45) is 5.53. The molecule has 1 saturated heterocycles. The number of anilines is 3. The smallest absolute Gasteiger partial charge is 0.231 e. The van der Waals surface area contributed by atoms with Crippen molar-refractivity contribution in [3.8, 4) is 0 Å². The van der Waals surface area contributed by atoms with E-state index < -0.39 is 0 Å². The van der Waals surface area contributed by atoms with E-state index in [0.29, 0.717) is 11.0 Å². The minimum absolute atomic E-state index is 0.564. The largest absolute Gasteiger partial charge is 0.356 e. The Labute approximate surface area is 145 Å². The molecule has 2 aromatic heterocycles. The highest BCUT2D eigenvalue weighted by molar-refractivity contribution is 6.30. The Bertz CT molecular complexity index is 869. The molecule has 0 atom stereocenters. The third-order valence-electron chi connectivity index (χ3n) is 4.31. The molecule has 3 aromatic rings. The summed E-state index contributed by atoms with van der Waals surface area (Å²) in [4.78, 5) is 11.7. The molecule has 1 aromatic carbocycles. The fourth-order valence-corrected chi connectivity index (χ4v) is 3.30. The van der Waals surface area contributed by atoms with Gasteiger partial charge in [0.1, 0.15) is 5.82 Å². The van der Waals surface area contributed by atoms with E-state index in [1.165, 1.54) is 19.3 Å². The molecule has 0 spiro atoms. The Kier molecular flexibility index (Phi) is 3.98. The van der Waals surface area contributed by atoms with Crippen LogP contribution in [0.25, 0.3) is 11.0 Å². The first-order valence-electron chi connectivity index (χ1n) is 8.18. The lowest BCUT2D eigenvalue weighted by atomic mass is 10.1. The predicted molar refractivity (Wildman–Crippen MR) is 97.1 cm³/mol. The van der Waals surface area contributed by atoms with Crippen LogP contribution in [-0.4, -0.2) is 32.8 Å². The zero-order valence-electron chi connectivity index (χ0n) is 13.5. The zero-order valence-corrected chi connectivity index (χ0v) is 14.3. The molecule has 124 valence electrons. The number of aromatic nitrogens is 4. The Morgan fingerprint density at radius 1 is 1.12 bits per heavy atom. The summed E-state index contributed by atoms with van der Waals surface area (Å²) in [5.74, 6) is 1.52. The van der Waals surface area contributed by atoms with Gasteiger partial charge in [0.25, 0.3) is 0 Å². The number of piperidine rings is 1. The minimum atomic E-state index is 0.564. The van der Waals surface area contributed by atoms with Gasteiger partial charge in [-0.15, -0.1) is 0 Å². The second kappa shape index (κ2) is 6.28. The molecule has 1 aliphatic rings. The first kappa shape index (κ1) is 15.2. The first-order chi connectivity index (χ1) is 11.7. The average molecular weight is 343 g/mol. The molecule has 0 aliphatic carbocycles. The Morgan fingerprint density at radius 3 is 2.75 bits per heavy atom. The van der Waals surface area contributed by atoms with Gasteiger partial charge in [-0.3, -0.25) is 4.68 Å². The summed E-state index contributed by atoms with van der Waals surface area (Å²) >= 11 is 6.06. The third-order valence-corrected chi connectivity index (χ3v) is 4.54. The molecular formula is C17H19ClN6. The molecule has 0 saturated carbocycles. The maximum atomic E-state index is 6.06. The molecule has 4 rings (SSSR count). The second-order valence-electron chi connectivity index (χ2n) is 6.06. The molecule has 0 amide bonds. The van der Waals surface area contributed by atoms with Crippen molar-refractivity contribution in [3.05, 3.63) is 35.5 Å². The average Bonchev–Trinajstić information content (AvgIpc) is 2.96. The summed E-state index contributed by atoms with van der Waals surface area (Å²) in [5.41, 5.74) is 1.70. The van der Waals surface area contributed by atoms with Crippen molar-refractivity contribution in [1.82, 2.24) is 19.7 Å². The normalized spacial score (nSPS) is 15.0. The van der Waals surface area contributed by atoms with E-state index in [4.69, 9.17) is 16.6 Å². The SMILES string of the molecule is Cn1ncc2c(N3CCCCC3)nc(Nc3cccc(Cl)c3)nc21. The molecule has 0 radical (unpaired) electrons. The summed E-state index contributed by atoms with van der Waals surface area (Å²) in [7, 11) is 1.90. The highest BCUT2D eigenvalue weighted by atomic mass is 35.5. The molecule has 0 unspecified atom stereocenters. The van der Waals surface area contributed by atoms with Gasteiger partial charge in [-0.05, 0) is 37.5 Å². The highest BCUT2D eigenvalue weighted by Gasteiger charge is 2.19. The van der Waals surface area contributed by atoms with Crippen molar-refractivity contribution < 1.29 is 0 Å². The molecule has 6 nitrogen and oxygen atoms in total. The molecule has 3 heterocycles. The molecule has 0 bridgehead atoms. The number of nitrogens with one attached hydrogen (secondary N) is 1. The molecule has 1 fully saturated rings. The third kappa shape index (κ3) is 2.89. The van der Waals surface area contributed by atoms with Crippen LogP contribution < -0.4 is 10.2 Å². The van der Waals surface area contributed by atoms with Crippen LogP contribution in [0.4, 0.5) is 17.5 Å². The van der Waals surface area contributed by atoms with Crippen LogP contribution in [0.2, 0.25) is 5.02 Å². The Balaban J connectivity index is 1.76. The van der Waals surface area contributed by atoms with Gasteiger partial charge in [-0.25, -0.2) is 0 Å². The van der Waals surface area contributed by atoms with Gasteiger partial charge in [0, 0.05) is 30.8 Å². The molecular weight excluding hydrogens is 324 g/mol. The molecule has 1 N–H and O–H groups in total. The van der Waals surface area contributed by atoms with Crippen molar-refractivity contribution in [3.63, 3.8) is 0 Å². The van der Waals surface area contributed by atoms with Crippen molar-refractivity contribution in [2.45, 2.75) is 19.3 Å². The van der Waals surface area contributed by atoms with E-state index in [1.807, 2.05) is 37.5 Å². The van der Waals surface area contributed by atoms with Crippen molar-refractivity contribution >= 4 is 40.1 Å². The van der Waals surface area contributed by atoms with Crippen LogP contribution in [-0.2, 0) is 7.05 Å². The van der Waals surface area contributed by atoms with Gasteiger partial charge in [0.15, 0.2) is 5.65 Å². The summed E-state index contributed by atoms with van der Waals surface area (Å²) in [5, 5.41) is 9.29. The highest BCUT2D eigenvalue weighted by Crippen LogP contribution is 2.28. The van der Waals surface area contributed by atoms with E-state index >= 15 is 0 Å². The van der Waals surface area contributed by atoms with Crippen LogP contribution in [0.15, 0.2) is 30.5 Å². The lowest BCUT2D eigenvalue weighted by molar-refractivity contribution is 0.575. The summed E-state index contributed by atoms with van der Waals surface area (Å²) < 4.78 is 1.79. The maximum Gasteiger partial charge on any atom is 0.231 e. The standard InChI is InChI=1S/C17H19ClN6/c1-23-15-14(11-19-23)16(24-8-3-2-4-9-24)22-17(21-15)20-13-7-5-6-12(18)10-13/h5-7,10-11H,2-4,8-9H2,1H3,(H,20,21,22). The molecule has 24 heavy (non-hydrogen) atoms. The van der Waals surface area contributed by atoms with E-state index in [-0.39, 0.29) is 0 Å². The van der Waals surface area contributed by atoms with Crippen molar-refractivity contribution in [1.29, 1.82) is 0 Å². The molecule has 1 aliphatic heterocycles. The molecule has 7 heteroatoms. The number of halogens is 1. The fraction of sp³-hybridized carbons (Fsp3) is 0.353. The summed E-state index contributed by atoms with van der Waals surface area (Å²) in [6.45, 7) is 2.05. The number of benzene rings is 1. The number of rotatable bonds is 3. The number of nitrogens with zero attached hydrogens (tertiary/aromatic N) is 5. The Hall–Kier alpha value is -2.34. The minimum Gasteiger partial charge on any atom is -0.356 e. The van der Waals surface area contributed by atoms with Gasteiger partial charge in [0.2, 0.25) is 5.95 Å². The number of aryl methyl sites for hydroxylation is 1. The van der Waals surface area contributed by atoms with Crippen LogP contribution in [0.5, 0.6) is 0 Å². The number of fused-ring (bicyclic) bond motifs is 1. The van der Waals surface area contributed by atoms with Gasteiger partial charge < -0.3 is 10.2 Å². The van der Waals surface area contributed by atoms with E-state index in [9.17, 15) is 0 Å². The van der Waals surface area contributed by atoms with Gasteiger partial charge >= 0.3 is 0 Å². The topological polar surface area (TPSA) is 58.9 Å². The van der Waals surface area contributed by atoms with E-state index in [2.05, 4.69) is 20.3 Å². The Morgan fingerprint density at radius 2 is 1.96 bits per heavy atom. The first-order valence-corrected chi connectivity index (χ1v) is 8.56. The van der Waals surface area contributed by atoms with E-state index in [0.717, 1.165) is 35.6 Å². The van der Waals surface area contributed by atoms with Crippen molar-refractivity contribution in [2.24, 2.45) is 7.05 Å². The van der Waals surface area contributed by atoms with Gasteiger partial charge in [0.05, 0.1) is 11.6 Å². The zero-order chi connectivity index (χ0) is 16.5. The number of hydrogen-bond acceptors (Lipinski definition) is 5. The van der Waals surface area contributed by atoms with Crippen LogP contribution in [0, 0.1) is 0 Å². The monoisotopic (exact) mass is 342 g/mol. The lowest BCUT2D eigenvalue weighted by Gasteiger charge is -2.28. The summed E-state index contributed by atoms with van der Waals surface area (Å²) in [6, 6.07) is 7.55. The second-order valence-corrected chi connectivity index (χ2v) is 6.50. The predicted octanol–water partition coefficient (Wildman–Crippen LogP) is 3.75. The number of hydrogen-bond donors (Lipinski definition) is 1. The lowest BCUT2D eigenvalue weighted by Crippen LogP contribution is -2.30. The quantitative estimate of drug-likeness (QED) is 0.785. The van der Waals surface area contributed by atoms with Gasteiger partial charge in [-0.1, -0.05) is 17.7 Å². The van der Waals surface area contributed by atoms with Crippen LogP contribution in [0.1, 0.15) is 19.3 Å². The maximum absolute atomic E-state index is 6.06. The van der Waals surface area contributed by atoms with Crippen LogP contribution >= 0.6 is 11.6 Å². The van der Waals surface area contributed by atoms with E-state index in [1.54, 1.807) is 4.68 Å².